The van der Waals surface area contributed by atoms with Crippen LogP contribution < -0.4 is 5.32 Å². The summed E-state index contributed by atoms with van der Waals surface area (Å²) in [6, 6.07) is 8.02. The summed E-state index contributed by atoms with van der Waals surface area (Å²) in [5.74, 6) is -0.281. The second-order valence-corrected chi connectivity index (χ2v) is 7.95. The predicted molar refractivity (Wildman–Crippen MR) is 93.0 cm³/mol. The SMILES string of the molecule is O=C(NCc1ccc(S(=O)(=O)N2CCOCC2)cc1)c1cc(Cl)c[nH]1. The molecule has 1 aliphatic heterocycles. The minimum Gasteiger partial charge on any atom is -0.379 e. The first-order valence-corrected chi connectivity index (χ1v) is 9.57. The normalized spacial score (nSPS) is 15.9. The predicted octanol–water partition coefficient (Wildman–Crippen LogP) is 1.62. The van der Waals surface area contributed by atoms with Gasteiger partial charge in [-0.15, -0.1) is 0 Å². The smallest absolute Gasteiger partial charge is 0.268 e. The molecule has 1 aliphatic rings. The maximum absolute atomic E-state index is 12.5. The summed E-state index contributed by atoms with van der Waals surface area (Å²) in [6.07, 6.45) is 1.53. The average Bonchev–Trinajstić information content (AvgIpc) is 3.07. The minimum absolute atomic E-state index is 0.237. The van der Waals surface area contributed by atoms with Gasteiger partial charge in [0.15, 0.2) is 0 Å². The number of benzene rings is 1. The number of sulfonamides is 1. The van der Waals surface area contributed by atoms with E-state index in [4.69, 9.17) is 16.3 Å². The van der Waals surface area contributed by atoms with E-state index in [1.54, 1.807) is 24.3 Å². The van der Waals surface area contributed by atoms with E-state index in [0.717, 1.165) is 5.56 Å². The van der Waals surface area contributed by atoms with Crippen LogP contribution in [0.3, 0.4) is 0 Å². The first-order valence-electron chi connectivity index (χ1n) is 7.76. The molecule has 134 valence electrons. The highest BCUT2D eigenvalue weighted by molar-refractivity contribution is 7.89. The summed E-state index contributed by atoms with van der Waals surface area (Å²) in [4.78, 5) is 15.0. The van der Waals surface area contributed by atoms with Crippen LogP contribution in [0.15, 0.2) is 41.4 Å². The Hall–Kier alpha value is -1.87. The first kappa shape index (κ1) is 17.9. The maximum Gasteiger partial charge on any atom is 0.268 e. The van der Waals surface area contributed by atoms with Crippen LogP contribution in [0.5, 0.6) is 0 Å². The molecule has 0 atom stereocenters. The maximum atomic E-state index is 12.5. The van der Waals surface area contributed by atoms with Crippen molar-refractivity contribution in [3.05, 3.63) is 52.8 Å². The summed E-state index contributed by atoms with van der Waals surface area (Å²) in [7, 11) is -3.50. The number of halogens is 1. The lowest BCUT2D eigenvalue weighted by Gasteiger charge is -2.26. The number of amides is 1. The van der Waals surface area contributed by atoms with Gasteiger partial charge in [0.1, 0.15) is 5.69 Å². The van der Waals surface area contributed by atoms with Crippen LogP contribution in [0.2, 0.25) is 5.02 Å². The van der Waals surface area contributed by atoms with E-state index in [1.165, 1.54) is 16.6 Å². The van der Waals surface area contributed by atoms with Gasteiger partial charge in [0.2, 0.25) is 10.0 Å². The third-order valence-corrected chi connectivity index (χ3v) is 6.01. The summed E-state index contributed by atoms with van der Waals surface area (Å²) >= 11 is 5.77. The van der Waals surface area contributed by atoms with E-state index in [0.29, 0.717) is 37.0 Å². The number of carbonyl (C=O) groups is 1. The Balaban J connectivity index is 1.63. The molecule has 0 spiro atoms. The first-order chi connectivity index (χ1) is 12.0. The Kier molecular flexibility index (Phi) is 5.43. The number of rotatable bonds is 5. The molecule has 2 aromatic rings. The van der Waals surface area contributed by atoms with Crippen molar-refractivity contribution < 1.29 is 17.9 Å². The number of aromatic amines is 1. The van der Waals surface area contributed by atoms with Crippen LogP contribution in [0, 0.1) is 0 Å². The quantitative estimate of drug-likeness (QED) is 0.820. The molecule has 0 bridgehead atoms. The van der Waals surface area contributed by atoms with Crippen LogP contribution >= 0.6 is 11.6 Å². The van der Waals surface area contributed by atoms with E-state index in [-0.39, 0.29) is 17.3 Å². The van der Waals surface area contributed by atoms with E-state index in [9.17, 15) is 13.2 Å². The minimum atomic E-state index is -3.50. The number of aromatic nitrogens is 1. The molecule has 2 N–H and O–H groups in total. The Morgan fingerprint density at radius 2 is 1.92 bits per heavy atom. The highest BCUT2D eigenvalue weighted by Crippen LogP contribution is 2.18. The highest BCUT2D eigenvalue weighted by atomic mass is 35.5. The molecule has 7 nitrogen and oxygen atoms in total. The van der Waals surface area contributed by atoms with E-state index in [2.05, 4.69) is 10.3 Å². The highest BCUT2D eigenvalue weighted by Gasteiger charge is 2.26. The van der Waals surface area contributed by atoms with E-state index in [1.807, 2.05) is 0 Å². The Morgan fingerprint density at radius 3 is 2.52 bits per heavy atom. The monoisotopic (exact) mass is 383 g/mol. The van der Waals surface area contributed by atoms with Gasteiger partial charge in [-0.3, -0.25) is 4.79 Å². The van der Waals surface area contributed by atoms with Crippen LogP contribution in [0.1, 0.15) is 16.1 Å². The van der Waals surface area contributed by atoms with Gasteiger partial charge in [-0.25, -0.2) is 8.42 Å². The van der Waals surface area contributed by atoms with Gasteiger partial charge >= 0.3 is 0 Å². The molecule has 0 aliphatic carbocycles. The fourth-order valence-electron chi connectivity index (χ4n) is 2.49. The van der Waals surface area contributed by atoms with Crippen LogP contribution in [0.4, 0.5) is 0 Å². The summed E-state index contributed by atoms with van der Waals surface area (Å²) < 4.78 is 31.7. The van der Waals surface area contributed by atoms with Crippen molar-refractivity contribution >= 4 is 27.5 Å². The van der Waals surface area contributed by atoms with Gasteiger partial charge in [-0.05, 0) is 23.8 Å². The molecule has 1 saturated heterocycles. The second kappa shape index (κ2) is 7.57. The number of ether oxygens (including phenoxy) is 1. The molecular formula is C16H18ClN3O4S. The van der Waals surface area contributed by atoms with Crippen molar-refractivity contribution in [2.75, 3.05) is 26.3 Å². The lowest BCUT2D eigenvalue weighted by molar-refractivity contribution is 0.0730. The largest absolute Gasteiger partial charge is 0.379 e. The number of nitrogens with zero attached hydrogens (tertiary/aromatic N) is 1. The van der Waals surface area contributed by atoms with E-state index < -0.39 is 10.0 Å². The van der Waals surface area contributed by atoms with Crippen LogP contribution in [0.25, 0.3) is 0 Å². The van der Waals surface area contributed by atoms with E-state index >= 15 is 0 Å². The standard InChI is InChI=1S/C16H18ClN3O4S/c17-13-9-15(18-11-13)16(21)19-10-12-1-3-14(4-2-12)25(22,23)20-5-7-24-8-6-20/h1-4,9,11,18H,5-8,10H2,(H,19,21). The summed E-state index contributed by atoms with van der Waals surface area (Å²) in [5.41, 5.74) is 1.17. The number of carbonyl (C=O) groups excluding carboxylic acids is 1. The van der Waals surface area contributed by atoms with Gasteiger partial charge in [-0.1, -0.05) is 23.7 Å². The molecule has 2 heterocycles. The fourth-order valence-corrected chi connectivity index (χ4v) is 4.06. The van der Waals surface area contributed by atoms with Gasteiger partial charge in [-0.2, -0.15) is 4.31 Å². The summed E-state index contributed by atoms with van der Waals surface area (Å²) in [5, 5.41) is 3.21. The Morgan fingerprint density at radius 1 is 1.24 bits per heavy atom. The second-order valence-electron chi connectivity index (χ2n) is 5.57. The number of hydrogen-bond donors (Lipinski definition) is 2. The molecule has 1 amide bonds. The molecule has 3 rings (SSSR count). The zero-order valence-corrected chi connectivity index (χ0v) is 14.9. The van der Waals surface area contributed by atoms with Crippen molar-refractivity contribution in [1.29, 1.82) is 0 Å². The molecule has 1 aromatic carbocycles. The molecule has 1 aromatic heterocycles. The van der Waals surface area contributed by atoms with Gasteiger partial charge in [0.25, 0.3) is 5.91 Å². The topological polar surface area (TPSA) is 91.5 Å². The Bertz CT molecular complexity index is 843. The van der Waals surface area contributed by atoms with Crippen molar-refractivity contribution in [3.8, 4) is 0 Å². The van der Waals surface area contributed by atoms with Gasteiger partial charge < -0.3 is 15.0 Å². The molecule has 0 radical (unpaired) electrons. The lowest BCUT2D eigenvalue weighted by atomic mass is 10.2. The third kappa shape index (κ3) is 4.21. The van der Waals surface area contributed by atoms with Crippen LogP contribution in [-0.4, -0.2) is 49.9 Å². The molecule has 25 heavy (non-hydrogen) atoms. The summed E-state index contributed by atoms with van der Waals surface area (Å²) in [6.45, 7) is 1.82. The van der Waals surface area contributed by atoms with Crippen molar-refractivity contribution in [3.63, 3.8) is 0 Å². The van der Waals surface area contributed by atoms with Crippen LogP contribution in [-0.2, 0) is 21.3 Å². The zero-order chi connectivity index (χ0) is 17.9. The molecule has 1 fully saturated rings. The zero-order valence-electron chi connectivity index (χ0n) is 13.4. The fraction of sp³-hybridized carbons (Fsp3) is 0.312. The average molecular weight is 384 g/mol. The Labute approximate surface area is 151 Å². The van der Waals surface area contributed by atoms with Gasteiger partial charge in [0.05, 0.1) is 23.1 Å². The van der Waals surface area contributed by atoms with Gasteiger partial charge in [0, 0.05) is 25.8 Å². The molecular weight excluding hydrogens is 366 g/mol. The third-order valence-electron chi connectivity index (χ3n) is 3.88. The number of nitrogens with one attached hydrogen (secondary N) is 2. The number of H-pyrrole nitrogens is 1. The van der Waals surface area contributed by atoms with Crippen molar-refractivity contribution in [2.24, 2.45) is 0 Å². The number of morpholine rings is 1. The molecule has 0 saturated carbocycles. The molecule has 0 unspecified atom stereocenters. The van der Waals surface area contributed by atoms with Crippen molar-refractivity contribution in [2.45, 2.75) is 11.4 Å². The molecule has 9 heteroatoms. The van der Waals surface area contributed by atoms with Crippen molar-refractivity contribution in [1.82, 2.24) is 14.6 Å². The number of hydrogen-bond acceptors (Lipinski definition) is 4. The lowest BCUT2D eigenvalue weighted by Crippen LogP contribution is -2.40.